The van der Waals surface area contributed by atoms with E-state index in [1.165, 1.54) is 0 Å². The van der Waals surface area contributed by atoms with Crippen molar-refractivity contribution in [2.45, 2.75) is 25.4 Å². The summed E-state index contributed by atoms with van der Waals surface area (Å²) >= 11 is 0. The van der Waals surface area contributed by atoms with E-state index in [1.54, 1.807) is 0 Å². The van der Waals surface area contributed by atoms with Crippen molar-refractivity contribution in [3.05, 3.63) is 12.7 Å². The molecule has 1 fully saturated rings. The molecule has 2 N–H and O–H groups in total. The van der Waals surface area contributed by atoms with Gasteiger partial charge in [0.05, 0.1) is 12.7 Å². The van der Waals surface area contributed by atoms with Gasteiger partial charge in [-0.25, -0.2) is 0 Å². The van der Waals surface area contributed by atoms with Crippen LogP contribution in [-0.2, 0) is 4.74 Å². The highest BCUT2D eigenvalue weighted by molar-refractivity contribution is 4.80. The average Bonchev–Trinajstić information content (AvgIpc) is 1.94. The molecule has 2 heteroatoms. The van der Waals surface area contributed by atoms with Gasteiger partial charge in [0.25, 0.3) is 0 Å². The van der Waals surface area contributed by atoms with Crippen LogP contribution < -0.4 is 5.73 Å². The van der Waals surface area contributed by atoms with Crippen molar-refractivity contribution in [2.75, 3.05) is 13.2 Å². The summed E-state index contributed by atoms with van der Waals surface area (Å²) in [6.45, 7) is 5.28. The van der Waals surface area contributed by atoms with Gasteiger partial charge in [0.2, 0.25) is 0 Å². The Labute approximate surface area is 68.4 Å². The fourth-order valence-corrected chi connectivity index (χ4v) is 1.32. The molecule has 0 saturated heterocycles. The molecule has 0 atom stereocenters. The van der Waals surface area contributed by atoms with Crippen LogP contribution in [0.3, 0.4) is 0 Å². The average molecular weight is 155 g/mol. The zero-order chi connectivity index (χ0) is 8.10. The van der Waals surface area contributed by atoms with Gasteiger partial charge in [-0.3, -0.25) is 0 Å². The van der Waals surface area contributed by atoms with Crippen molar-refractivity contribution < 1.29 is 4.74 Å². The summed E-state index contributed by atoms with van der Waals surface area (Å²) < 4.78 is 5.52. The van der Waals surface area contributed by atoms with Crippen LogP contribution in [0.4, 0.5) is 0 Å². The highest BCUT2D eigenvalue weighted by Crippen LogP contribution is 2.28. The Balaban J connectivity index is 1.91. The molecule has 0 aromatic rings. The number of hydrogen-bond donors (Lipinski definition) is 1. The lowest BCUT2D eigenvalue weighted by Gasteiger charge is -2.34. The summed E-state index contributed by atoms with van der Waals surface area (Å²) in [4.78, 5) is 0. The molecule has 0 bridgehead atoms. The van der Waals surface area contributed by atoms with Gasteiger partial charge in [0.15, 0.2) is 0 Å². The molecule has 0 aliphatic heterocycles. The molecule has 0 aromatic carbocycles. The Morgan fingerprint density at radius 1 is 1.55 bits per heavy atom. The number of ether oxygens (including phenoxy) is 1. The largest absolute Gasteiger partial charge is 0.378 e. The van der Waals surface area contributed by atoms with Gasteiger partial charge in [-0.1, -0.05) is 6.08 Å². The molecule has 0 radical (unpaired) electrons. The molecule has 1 aliphatic rings. The third-order valence-corrected chi connectivity index (χ3v) is 2.20. The van der Waals surface area contributed by atoms with Crippen LogP contribution in [0.15, 0.2) is 12.7 Å². The van der Waals surface area contributed by atoms with Gasteiger partial charge in [0, 0.05) is 0 Å². The van der Waals surface area contributed by atoms with Crippen LogP contribution in [0.2, 0.25) is 0 Å². The smallest absolute Gasteiger partial charge is 0.0581 e. The van der Waals surface area contributed by atoms with Gasteiger partial charge in [-0.05, 0) is 31.7 Å². The fourth-order valence-electron chi connectivity index (χ4n) is 1.32. The second-order valence-corrected chi connectivity index (χ2v) is 3.14. The lowest BCUT2D eigenvalue weighted by atomic mass is 9.82. The predicted molar refractivity (Wildman–Crippen MR) is 46.3 cm³/mol. The topological polar surface area (TPSA) is 35.2 Å². The van der Waals surface area contributed by atoms with Gasteiger partial charge >= 0.3 is 0 Å². The molecule has 0 spiro atoms. The predicted octanol–water partition coefficient (Wildman–Crippen LogP) is 1.32. The summed E-state index contributed by atoms with van der Waals surface area (Å²) in [6, 6.07) is 0. The monoisotopic (exact) mass is 155 g/mol. The molecule has 1 saturated carbocycles. The van der Waals surface area contributed by atoms with E-state index in [1.807, 2.05) is 6.08 Å². The van der Waals surface area contributed by atoms with E-state index >= 15 is 0 Å². The van der Waals surface area contributed by atoms with Gasteiger partial charge in [-0.15, -0.1) is 6.58 Å². The molecular formula is C9H17NO. The molecule has 0 unspecified atom stereocenters. The molecule has 0 heterocycles. The Morgan fingerprint density at radius 3 is 2.82 bits per heavy atom. The first-order chi connectivity index (χ1) is 5.36. The van der Waals surface area contributed by atoms with E-state index in [9.17, 15) is 0 Å². The quantitative estimate of drug-likeness (QED) is 0.480. The highest BCUT2D eigenvalue weighted by atomic mass is 16.5. The minimum atomic E-state index is 0.489. The van der Waals surface area contributed by atoms with E-state index < -0.39 is 0 Å². The summed E-state index contributed by atoms with van der Waals surface area (Å²) in [5.74, 6) is 0.726. The third-order valence-electron chi connectivity index (χ3n) is 2.20. The Morgan fingerprint density at radius 2 is 2.27 bits per heavy atom. The van der Waals surface area contributed by atoms with Crippen molar-refractivity contribution in [3.8, 4) is 0 Å². The first-order valence-electron chi connectivity index (χ1n) is 4.29. The first-order valence-corrected chi connectivity index (χ1v) is 4.29. The Kier molecular flexibility index (Phi) is 3.60. The van der Waals surface area contributed by atoms with Crippen molar-refractivity contribution in [3.63, 3.8) is 0 Å². The normalized spacial score (nSPS) is 29.5. The lowest BCUT2D eigenvalue weighted by molar-refractivity contribution is -0.0256. The standard InChI is InChI=1S/C9H17NO/c1-2-3-4-11-9-5-8(6-9)7-10/h2,8-9H,1,3-7,10H2. The van der Waals surface area contributed by atoms with E-state index in [-0.39, 0.29) is 0 Å². The van der Waals surface area contributed by atoms with E-state index in [0.29, 0.717) is 6.10 Å². The van der Waals surface area contributed by atoms with Crippen LogP contribution in [-0.4, -0.2) is 19.3 Å². The Hall–Kier alpha value is -0.340. The van der Waals surface area contributed by atoms with Crippen LogP contribution in [0.1, 0.15) is 19.3 Å². The zero-order valence-corrected chi connectivity index (χ0v) is 6.96. The van der Waals surface area contributed by atoms with Crippen molar-refractivity contribution in [1.82, 2.24) is 0 Å². The molecular weight excluding hydrogens is 138 g/mol. The number of rotatable bonds is 5. The first kappa shape index (κ1) is 8.75. The molecule has 2 nitrogen and oxygen atoms in total. The Bertz CT molecular complexity index is 119. The maximum Gasteiger partial charge on any atom is 0.0581 e. The second kappa shape index (κ2) is 4.52. The van der Waals surface area contributed by atoms with Crippen LogP contribution in [0.25, 0.3) is 0 Å². The van der Waals surface area contributed by atoms with Gasteiger partial charge in [0.1, 0.15) is 0 Å². The van der Waals surface area contributed by atoms with Crippen LogP contribution >= 0.6 is 0 Å². The second-order valence-electron chi connectivity index (χ2n) is 3.14. The van der Waals surface area contributed by atoms with E-state index in [0.717, 1.165) is 38.3 Å². The van der Waals surface area contributed by atoms with E-state index in [4.69, 9.17) is 10.5 Å². The maximum absolute atomic E-state index is 5.52. The maximum atomic E-state index is 5.52. The summed E-state index contributed by atoms with van der Waals surface area (Å²) in [5, 5.41) is 0. The number of nitrogens with two attached hydrogens (primary N) is 1. The summed E-state index contributed by atoms with van der Waals surface area (Å²) in [7, 11) is 0. The fraction of sp³-hybridized carbons (Fsp3) is 0.778. The highest BCUT2D eigenvalue weighted by Gasteiger charge is 2.27. The molecule has 1 rings (SSSR count). The summed E-state index contributed by atoms with van der Waals surface area (Å²) in [5.41, 5.74) is 5.48. The molecule has 1 aliphatic carbocycles. The molecule has 0 amide bonds. The van der Waals surface area contributed by atoms with Crippen molar-refractivity contribution in [1.29, 1.82) is 0 Å². The molecule has 11 heavy (non-hydrogen) atoms. The third kappa shape index (κ3) is 2.64. The molecule has 64 valence electrons. The minimum Gasteiger partial charge on any atom is -0.378 e. The van der Waals surface area contributed by atoms with Gasteiger partial charge < -0.3 is 10.5 Å². The van der Waals surface area contributed by atoms with Crippen molar-refractivity contribution in [2.24, 2.45) is 11.7 Å². The molecule has 0 aromatic heterocycles. The lowest BCUT2D eigenvalue weighted by Crippen LogP contribution is -2.35. The number of hydrogen-bond acceptors (Lipinski definition) is 2. The van der Waals surface area contributed by atoms with Crippen LogP contribution in [0.5, 0.6) is 0 Å². The van der Waals surface area contributed by atoms with E-state index in [2.05, 4.69) is 6.58 Å². The zero-order valence-electron chi connectivity index (χ0n) is 6.96. The summed E-state index contributed by atoms with van der Waals surface area (Å²) in [6.07, 6.45) is 5.66. The van der Waals surface area contributed by atoms with Crippen molar-refractivity contribution >= 4 is 0 Å². The SMILES string of the molecule is C=CCCOC1CC(CN)C1. The van der Waals surface area contributed by atoms with Crippen LogP contribution in [0, 0.1) is 5.92 Å². The van der Waals surface area contributed by atoms with Gasteiger partial charge in [-0.2, -0.15) is 0 Å². The minimum absolute atomic E-state index is 0.489.